The van der Waals surface area contributed by atoms with E-state index in [-0.39, 0.29) is 71.5 Å². The third-order valence-electron chi connectivity index (χ3n) is 0.651. The Kier molecular flexibility index (Phi) is 16.1. The smallest absolute Gasteiger partial charge is 0.267 e. The Morgan fingerprint density at radius 1 is 1.20 bits per heavy atom. The Balaban J connectivity index is -0.000000245. The molecule has 0 fully saturated rings. The van der Waals surface area contributed by atoms with E-state index in [1.165, 1.54) is 0 Å². The van der Waals surface area contributed by atoms with Gasteiger partial charge in [0.05, 0.1) is 12.4 Å². The molecule has 0 bridgehead atoms. The first-order valence-corrected chi connectivity index (χ1v) is 4.07. The molecule has 0 aliphatic carbocycles. The van der Waals surface area contributed by atoms with Crippen molar-refractivity contribution in [3.05, 3.63) is 0 Å². The van der Waals surface area contributed by atoms with Gasteiger partial charge in [0.1, 0.15) is 0 Å². The fourth-order valence-corrected chi connectivity index (χ4v) is 0.789. The molecule has 0 saturated heterocycles. The summed E-state index contributed by atoms with van der Waals surface area (Å²) in [5.41, 5.74) is 0. The van der Waals surface area contributed by atoms with E-state index in [4.69, 9.17) is 0 Å². The van der Waals surface area contributed by atoms with Gasteiger partial charge in [0.2, 0.25) is 0 Å². The maximum absolute atomic E-state index is 10.4. The van der Waals surface area contributed by atoms with Gasteiger partial charge < -0.3 is 0 Å². The molecule has 0 spiro atoms. The van der Waals surface area contributed by atoms with Crippen LogP contribution in [0.3, 0.4) is 0 Å². The second-order valence-electron chi connectivity index (χ2n) is 1.25. The predicted octanol–water partition coefficient (Wildman–Crippen LogP) is -0.389. The zero-order valence-corrected chi connectivity index (χ0v) is 11.9. The third-order valence-corrected chi connectivity index (χ3v) is 1.95. The fraction of sp³-hybridized carbons (Fsp3) is 1.00. The fourth-order valence-electron chi connectivity index (χ4n) is 0.263. The molecule has 0 rings (SSSR count). The van der Waals surface area contributed by atoms with Crippen molar-refractivity contribution in [3.8, 4) is 0 Å². The van der Waals surface area contributed by atoms with Crippen molar-refractivity contribution in [2.75, 3.05) is 12.4 Å². The average molecular weight is 184 g/mol. The molecular formula is C4H10Na2O3S. The van der Waals surface area contributed by atoms with E-state index < -0.39 is 10.1 Å². The van der Waals surface area contributed by atoms with Crippen LogP contribution in [0.4, 0.5) is 0 Å². The first kappa shape index (κ1) is 17.9. The molecule has 0 saturated carbocycles. The molecule has 0 aromatic heterocycles. The van der Waals surface area contributed by atoms with Crippen LogP contribution in [0.1, 0.15) is 13.8 Å². The van der Waals surface area contributed by atoms with E-state index in [9.17, 15) is 8.42 Å². The van der Waals surface area contributed by atoms with Gasteiger partial charge in [0, 0.05) is 59.1 Å². The largest absolute Gasteiger partial charge is 0.270 e. The summed E-state index contributed by atoms with van der Waals surface area (Å²) in [4.78, 5) is 0. The van der Waals surface area contributed by atoms with Crippen molar-refractivity contribution < 1.29 is 12.6 Å². The summed E-state index contributed by atoms with van der Waals surface area (Å²) < 4.78 is 25.1. The zero-order chi connectivity index (χ0) is 6.62. The van der Waals surface area contributed by atoms with Gasteiger partial charge in [-0.1, -0.05) is 0 Å². The van der Waals surface area contributed by atoms with Crippen molar-refractivity contribution in [3.63, 3.8) is 0 Å². The van der Waals surface area contributed by atoms with Gasteiger partial charge in [-0.25, -0.2) is 0 Å². The average Bonchev–Trinajstić information content (AvgIpc) is 1.67. The Morgan fingerprint density at radius 2 is 1.60 bits per heavy atom. The predicted molar refractivity (Wildman–Crippen MR) is 42.6 cm³/mol. The Hall–Kier alpha value is 1.91. The molecule has 0 aromatic carbocycles. The van der Waals surface area contributed by atoms with E-state index in [0.29, 0.717) is 0 Å². The molecule has 3 nitrogen and oxygen atoms in total. The van der Waals surface area contributed by atoms with Crippen LogP contribution < -0.4 is 0 Å². The Labute approximate surface area is 107 Å². The summed E-state index contributed by atoms with van der Waals surface area (Å²) in [5, 5.41) is 0. The van der Waals surface area contributed by atoms with E-state index in [2.05, 4.69) is 4.18 Å². The molecule has 10 heavy (non-hydrogen) atoms. The Bertz CT molecular complexity index is 143. The molecule has 0 atom stereocenters. The second-order valence-corrected chi connectivity index (χ2v) is 3.18. The molecule has 0 unspecified atom stereocenters. The van der Waals surface area contributed by atoms with Crippen LogP contribution in [-0.2, 0) is 14.3 Å². The van der Waals surface area contributed by atoms with Crippen LogP contribution in [0, 0.1) is 0 Å². The maximum Gasteiger partial charge on any atom is 0.267 e. The van der Waals surface area contributed by atoms with Gasteiger partial charge in [-0.15, -0.1) is 0 Å². The van der Waals surface area contributed by atoms with E-state index >= 15 is 0 Å². The van der Waals surface area contributed by atoms with Crippen LogP contribution in [0.5, 0.6) is 0 Å². The van der Waals surface area contributed by atoms with E-state index in [1.54, 1.807) is 13.8 Å². The van der Waals surface area contributed by atoms with Gasteiger partial charge in [-0.3, -0.25) is 4.18 Å². The minimum Gasteiger partial charge on any atom is -0.270 e. The second kappa shape index (κ2) is 9.00. The first-order chi connectivity index (χ1) is 3.62. The zero-order valence-electron chi connectivity index (χ0n) is 7.05. The van der Waals surface area contributed by atoms with Crippen LogP contribution in [0.15, 0.2) is 0 Å². The SMILES string of the molecule is CCOS(=O)(=O)CC.[Na].[Na]. The molecule has 0 heterocycles. The molecule has 0 N–H and O–H groups in total. The van der Waals surface area contributed by atoms with Crippen molar-refractivity contribution >= 4 is 69.2 Å². The summed E-state index contributed by atoms with van der Waals surface area (Å²) in [5.74, 6) is 0.0564. The van der Waals surface area contributed by atoms with Crippen molar-refractivity contribution in [1.29, 1.82) is 0 Å². The molecule has 52 valence electrons. The van der Waals surface area contributed by atoms with Gasteiger partial charge >= 0.3 is 0 Å². The van der Waals surface area contributed by atoms with Gasteiger partial charge in [-0.2, -0.15) is 8.42 Å². The van der Waals surface area contributed by atoms with Gasteiger partial charge in [0.25, 0.3) is 10.1 Å². The monoisotopic (exact) mass is 184 g/mol. The molecular weight excluding hydrogens is 174 g/mol. The van der Waals surface area contributed by atoms with Crippen LogP contribution >= 0.6 is 0 Å². The minimum absolute atomic E-state index is 0. The third kappa shape index (κ3) is 9.91. The van der Waals surface area contributed by atoms with Crippen LogP contribution in [-0.4, -0.2) is 79.9 Å². The van der Waals surface area contributed by atoms with Gasteiger partial charge in [-0.05, 0) is 13.8 Å². The minimum atomic E-state index is -3.17. The molecule has 0 aliphatic heterocycles. The molecule has 6 heteroatoms. The number of hydrogen-bond acceptors (Lipinski definition) is 3. The molecule has 0 aromatic rings. The molecule has 0 amide bonds. The number of rotatable bonds is 3. The summed E-state index contributed by atoms with van der Waals surface area (Å²) in [6.07, 6.45) is 0. The summed E-state index contributed by atoms with van der Waals surface area (Å²) >= 11 is 0. The van der Waals surface area contributed by atoms with Crippen molar-refractivity contribution in [2.24, 2.45) is 0 Å². The standard InChI is InChI=1S/C4H10O3S.2Na/c1-3-7-8(5,6)4-2;;/h3-4H2,1-2H3;;. The molecule has 2 radical (unpaired) electrons. The van der Waals surface area contributed by atoms with E-state index in [0.717, 1.165) is 0 Å². The quantitative estimate of drug-likeness (QED) is 0.443. The van der Waals surface area contributed by atoms with Crippen LogP contribution in [0.2, 0.25) is 0 Å². The Morgan fingerprint density at radius 3 is 1.70 bits per heavy atom. The summed E-state index contributed by atoms with van der Waals surface area (Å²) in [6, 6.07) is 0. The number of hydrogen-bond donors (Lipinski definition) is 0. The summed E-state index contributed by atoms with van der Waals surface area (Å²) in [7, 11) is -3.17. The van der Waals surface area contributed by atoms with Crippen molar-refractivity contribution in [2.45, 2.75) is 13.8 Å². The summed E-state index contributed by atoms with van der Waals surface area (Å²) in [6.45, 7) is 3.42. The van der Waals surface area contributed by atoms with Gasteiger partial charge in [0.15, 0.2) is 0 Å². The first-order valence-electron chi connectivity index (χ1n) is 2.49. The van der Waals surface area contributed by atoms with Crippen LogP contribution in [0.25, 0.3) is 0 Å². The topological polar surface area (TPSA) is 43.4 Å². The molecule has 0 aliphatic rings. The maximum atomic E-state index is 10.4. The normalized spacial score (nSPS) is 9.40. The van der Waals surface area contributed by atoms with E-state index in [1.807, 2.05) is 0 Å². The van der Waals surface area contributed by atoms with Crippen molar-refractivity contribution in [1.82, 2.24) is 0 Å².